The molecule has 1 saturated heterocycles. The predicted molar refractivity (Wildman–Crippen MR) is 134 cm³/mol. The zero-order valence-corrected chi connectivity index (χ0v) is 19.7. The quantitative estimate of drug-likeness (QED) is 0.444. The molecule has 0 spiro atoms. The number of ether oxygens (including phenoxy) is 2. The Hall–Kier alpha value is -4.17. The van der Waals surface area contributed by atoms with Gasteiger partial charge in [-0.2, -0.15) is 0 Å². The van der Waals surface area contributed by atoms with Crippen LogP contribution < -0.4 is 20.7 Å². The van der Waals surface area contributed by atoms with E-state index in [4.69, 9.17) is 9.47 Å². The molecule has 8 heteroatoms. The minimum absolute atomic E-state index is 0.142. The number of hydrogen-bond donors (Lipinski definition) is 3. The predicted octanol–water partition coefficient (Wildman–Crippen LogP) is 3.59. The largest absolute Gasteiger partial charge is 0.457 e. The molecular weight excluding hydrogens is 458 g/mol. The molecule has 36 heavy (non-hydrogen) atoms. The van der Waals surface area contributed by atoms with Gasteiger partial charge >= 0.3 is 0 Å². The van der Waals surface area contributed by atoms with Crippen molar-refractivity contribution in [1.82, 2.24) is 10.6 Å². The van der Waals surface area contributed by atoms with E-state index in [1.807, 2.05) is 48.5 Å². The third-order valence-corrected chi connectivity index (χ3v) is 6.29. The summed E-state index contributed by atoms with van der Waals surface area (Å²) in [7, 11) is 0. The Kier molecular flexibility index (Phi) is 6.95. The second-order valence-corrected chi connectivity index (χ2v) is 8.73. The molecule has 5 rings (SSSR count). The van der Waals surface area contributed by atoms with E-state index in [0.29, 0.717) is 42.4 Å². The maximum atomic E-state index is 13.3. The van der Waals surface area contributed by atoms with Crippen LogP contribution in [0.5, 0.6) is 11.5 Å². The van der Waals surface area contributed by atoms with Crippen molar-refractivity contribution in [2.75, 3.05) is 25.0 Å². The maximum absolute atomic E-state index is 13.3. The molecule has 1 fully saturated rings. The molecule has 0 bridgehead atoms. The molecule has 3 amide bonds. The highest BCUT2D eigenvalue weighted by Crippen LogP contribution is 2.44. The molecule has 2 aliphatic heterocycles. The monoisotopic (exact) mass is 485 g/mol. The molecule has 0 aliphatic carbocycles. The van der Waals surface area contributed by atoms with Crippen LogP contribution in [-0.2, 0) is 14.3 Å². The lowest BCUT2D eigenvalue weighted by molar-refractivity contribution is -0.130. The second kappa shape index (κ2) is 10.6. The fourth-order valence-electron chi connectivity index (χ4n) is 4.47. The van der Waals surface area contributed by atoms with Gasteiger partial charge < -0.3 is 25.4 Å². The van der Waals surface area contributed by atoms with Crippen LogP contribution >= 0.6 is 0 Å². The fraction of sp³-hybridized carbons (Fsp3) is 0.250. The van der Waals surface area contributed by atoms with Crippen molar-refractivity contribution in [3.63, 3.8) is 0 Å². The van der Waals surface area contributed by atoms with Crippen LogP contribution in [0.2, 0.25) is 0 Å². The van der Waals surface area contributed by atoms with Crippen molar-refractivity contribution in [1.29, 1.82) is 0 Å². The lowest BCUT2D eigenvalue weighted by Gasteiger charge is -2.27. The first-order valence-corrected chi connectivity index (χ1v) is 12.0. The van der Waals surface area contributed by atoms with Crippen LogP contribution in [0.4, 0.5) is 5.69 Å². The minimum Gasteiger partial charge on any atom is -0.457 e. The fourth-order valence-corrected chi connectivity index (χ4v) is 4.47. The molecule has 184 valence electrons. The Morgan fingerprint density at radius 2 is 1.42 bits per heavy atom. The van der Waals surface area contributed by atoms with E-state index >= 15 is 0 Å². The summed E-state index contributed by atoms with van der Waals surface area (Å²) < 4.78 is 11.3. The Balaban J connectivity index is 1.18. The average molecular weight is 486 g/mol. The SMILES string of the molecule is O=C(NCCNC(=O)C1CCCO1)c1ccc(NC(=O)C2c3ccccc3Oc3ccccc32)cc1. The van der Waals surface area contributed by atoms with Gasteiger partial charge in [-0.05, 0) is 49.2 Å². The van der Waals surface area contributed by atoms with Crippen molar-refractivity contribution in [2.45, 2.75) is 24.9 Å². The average Bonchev–Trinajstić information content (AvgIpc) is 3.45. The molecule has 8 nitrogen and oxygen atoms in total. The molecule has 1 unspecified atom stereocenters. The molecule has 2 heterocycles. The van der Waals surface area contributed by atoms with Gasteiger partial charge in [0.2, 0.25) is 11.8 Å². The number of carbonyl (C=O) groups excluding carboxylic acids is 3. The lowest BCUT2D eigenvalue weighted by atomic mass is 9.87. The number of rotatable bonds is 7. The van der Waals surface area contributed by atoms with E-state index < -0.39 is 5.92 Å². The van der Waals surface area contributed by atoms with Crippen LogP contribution in [0.3, 0.4) is 0 Å². The molecular formula is C28H27N3O5. The molecule has 2 aliphatic rings. The van der Waals surface area contributed by atoms with Gasteiger partial charge in [0.15, 0.2) is 0 Å². The summed E-state index contributed by atoms with van der Waals surface area (Å²) in [5, 5.41) is 8.52. The summed E-state index contributed by atoms with van der Waals surface area (Å²) in [6, 6.07) is 21.7. The molecule has 3 aromatic rings. The Bertz CT molecular complexity index is 1220. The van der Waals surface area contributed by atoms with Gasteiger partial charge in [0.05, 0.1) is 5.92 Å². The molecule has 0 saturated carbocycles. The van der Waals surface area contributed by atoms with E-state index in [0.717, 1.165) is 24.0 Å². The summed E-state index contributed by atoms with van der Waals surface area (Å²) in [6.07, 6.45) is 1.24. The Morgan fingerprint density at radius 1 is 0.778 bits per heavy atom. The minimum atomic E-state index is -0.515. The van der Waals surface area contributed by atoms with Gasteiger partial charge in [0.1, 0.15) is 17.6 Å². The number of anilines is 1. The number of fused-ring (bicyclic) bond motifs is 2. The van der Waals surface area contributed by atoms with Crippen molar-refractivity contribution >= 4 is 23.4 Å². The number of benzene rings is 3. The lowest BCUT2D eigenvalue weighted by Crippen LogP contribution is -2.39. The summed E-state index contributed by atoms with van der Waals surface area (Å²) >= 11 is 0. The highest BCUT2D eigenvalue weighted by atomic mass is 16.5. The summed E-state index contributed by atoms with van der Waals surface area (Å²) in [5.41, 5.74) is 2.65. The highest BCUT2D eigenvalue weighted by molar-refractivity contribution is 6.00. The highest BCUT2D eigenvalue weighted by Gasteiger charge is 2.32. The van der Waals surface area contributed by atoms with Crippen LogP contribution in [0.1, 0.15) is 40.2 Å². The van der Waals surface area contributed by atoms with Crippen LogP contribution in [0.25, 0.3) is 0 Å². The first kappa shape index (κ1) is 23.6. The van der Waals surface area contributed by atoms with Gasteiger partial charge in [0.25, 0.3) is 5.91 Å². The molecule has 0 radical (unpaired) electrons. The number of carbonyl (C=O) groups is 3. The van der Waals surface area contributed by atoms with Crippen molar-refractivity contribution in [2.24, 2.45) is 0 Å². The van der Waals surface area contributed by atoms with Crippen LogP contribution in [0.15, 0.2) is 72.8 Å². The summed E-state index contributed by atoms with van der Waals surface area (Å²) in [4.78, 5) is 37.7. The van der Waals surface area contributed by atoms with Crippen molar-refractivity contribution < 1.29 is 23.9 Å². The standard InChI is InChI=1S/C28H27N3O5/c32-26(29-15-16-30-27(33)24-10-5-17-35-24)18-11-13-19(14-12-18)31-28(34)25-20-6-1-3-8-22(20)36-23-9-4-2-7-21(23)25/h1-4,6-9,11-14,24-25H,5,10,15-17H2,(H,29,32)(H,30,33)(H,31,34). The first-order valence-electron chi connectivity index (χ1n) is 12.0. The van der Waals surface area contributed by atoms with Crippen LogP contribution in [-0.4, -0.2) is 43.5 Å². The van der Waals surface area contributed by atoms with E-state index in [2.05, 4.69) is 16.0 Å². The number of nitrogens with one attached hydrogen (secondary N) is 3. The van der Waals surface area contributed by atoms with E-state index in [9.17, 15) is 14.4 Å². The topological polar surface area (TPSA) is 106 Å². The van der Waals surface area contributed by atoms with E-state index in [1.165, 1.54) is 0 Å². The third-order valence-electron chi connectivity index (χ3n) is 6.29. The van der Waals surface area contributed by atoms with Gasteiger partial charge in [0, 0.05) is 42.1 Å². The van der Waals surface area contributed by atoms with Crippen molar-refractivity contribution in [3.8, 4) is 11.5 Å². The molecule has 0 aromatic heterocycles. The first-order chi connectivity index (χ1) is 17.6. The zero-order valence-electron chi connectivity index (χ0n) is 19.7. The van der Waals surface area contributed by atoms with E-state index in [1.54, 1.807) is 24.3 Å². The Morgan fingerprint density at radius 3 is 2.06 bits per heavy atom. The zero-order chi connectivity index (χ0) is 24.9. The second-order valence-electron chi connectivity index (χ2n) is 8.73. The number of para-hydroxylation sites is 2. The third kappa shape index (κ3) is 5.08. The van der Waals surface area contributed by atoms with Gasteiger partial charge in [-0.25, -0.2) is 0 Å². The van der Waals surface area contributed by atoms with Crippen LogP contribution in [0, 0.1) is 0 Å². The molecule has 1 atom stereocenters. The normalized spacial score (nSPS) is 16.3. The number of hydrogen-bond acceptors (Lipinski definition) is 5. The van der Waals surface area contributed by atoms with Gasteiger partial charge in [-0.1, -0.05) is 36.4 Å². The molecule has 3 aromatic carbocycles. The number of amides is 3. The smallest absolute Gasteiger partial charge is 0.251 e. The molecule has 3 N–H and O–H groups in total. The summed E-state index contributed by atoms with van der Waals surface area (Å²) in [5.74, 6) is 0.227. The Labute approximate surface area is 209 Å². The van der Waals surface area contributed by atoms with E-state index in [-0.39, 0.29) is 23.8 Å². The van der Waals surface area contributed by atoms with Gasteiger partial charge in [-0.3, -0.25) is 14.4 Å². The summed E-state index contributed by atoms with van der Waals surface area (Å²) in [6.45, 7) is 1.24. The van der Waals surface area contributed by atoms with Crippen molar-refractivity contribution in [3.05, 3.63) is 89.5 Å². The maximum Gasteiger partial charge on any atom is 0.251 e. The van der Waals surface area contributed by atoms with Gasteiger partial charge in [-0.15, -0.1) is 0 Å².